The molecule has 2 N–H and O–H groups in total. The van der Waals surface area contributed by atoms with Crippen molar-refractivity contribution in [1.82, 2.24) is 9.78 Å². The van der Waals surface area contributed by atoms with Gasteiger partial charge in [0.1, 0.15) is 11.4 Å². The fourth-order valence-electron chi connectivity index (χ4n) is 5.17. The van der Waals surface area contributed by atoms with E-state index in [4.69, 9.17) is 10.5 Å². The Kier molecular flexibility index (Phi) is 5.99. The third-order valence-electron chi connectivity index (χ3n) is 7.00. The molecule has 3 heterocycles. The number of amides is 3. The van der Waals surface area contributed by atoms with Crippen LogP contribution < -0.4 is 20.3 Å². The van der Waals surface area contributed by atoms with Crippen molar-refractivity contribution in [1.29, 1.82) is 0 Å². The number of aryl methyl sites for hydroxylation is 2. The molecule has 3 amide bonds. The maximum atomic E-state index is 13.9. The molecule has 0 atom stereocenters. The normalized spacial score (nSPS) is 15.4. The van der Waals surface area contributed by atoms with Crippen LogP contribution in [0, 0.1) is 6.92 Å². The van der Waals surface area contributed by atoms with Crippen molar-refractivity contribution in [3.05, 3.63) is 64.5 Å². The van der Waals surface area contributed by atoms with Gasteiger partial charge in [0.05, 0.1) is 12.8 Å². The Morgan fingerprint density at radius 2 is 1.83 bits per heavy atom. The lowest BCUT2D eigenvalue weighted by Gasteiger charge is -2.29. The van der Waals surface area contributed by atoms with Crippen LogP contribution in [0.5, 0.6) is 5.75 Å². The van der Waals surface area contributed by atoms with Gasteiger partial charge in [-0.3, -0.25) is 14.4 Å². The second-order valence-electron chi connectivity index (χ2n) is 9.13. The van der Waals surface area contributed by atoms with Gasteiger partial charge in [-0.15, -0.1) is 0 Å². The van der Waals surface area contributed by atoms with E-state index in [0.29, 0.717) is 55.0 Å². The van der Waals surface area contributed by atoms with Gasteiger partial charge < -0.3 is 20.3 Å². The van der Waals surface area contributed by atoms with Crippen LogP contribution >= 0.6 is 0 Å². The molecule has 0 bridgehead atoms. The maximum absolute atomic E-state index is 13.9. The Bertz CT molecular complexity index is 1390. The van der Waals surface area contributed by atoms with Crippen molar-refractivity contribution < 1.29 is 19.1 Å². The highest BCUT2D eigenvalue weighted by Crippen LogP contribution is 2.33. The molecule has 186 valence electrons. The molecule has 0 spiro atoms. The number of benzene rings is 2. The van der Waals surface area contributed by atoms with E-state index in [-0.39, 0.29) is 17.5 Å². The molecule has 2 aliphatic heterocycles. The molecule has 1 saturated heterocycles. The fraction of sp³-hybridized carbons (Fsp3) is 0.333. The van der Waals surface area contributed by atoms with Crippen molar-refractivity contribution in [3.63, 3.8) is 0 Å². The van der Waals surface area contributed by atoms with Gasteiger partial charge in [-0.1, -0.05) is 6.92 Å². The van der Waals surface area contributed by atoms with E-state index in [9.17, 15) is 14.4 Å². The van der Waals surface area contributed by atoms with Gasteiger partial charge in [0.25, 0.3) is 11.8 Å². The van der Waals surface area contributed by atoms with Crippen LogP contribution in [0.4, 0.5) is 11.4 Å². The van der Waals surface area contributed by atoms with Crippen molar-refractivity contribution in [2.75, 3.05) is 30.0 Å². The lowest BCUT2D eigenvalue weighted by atomic mass is 10.0. The Labute approximate surface area is 209 Å². The van der Waals surface area contributed by atoms with Crippen LogP contribution in [0.15, 0.2) is 36.4 Å². The second-order valence-corrected chi connectivity index (χ2v) is 9.13. The molecule has 2 aliphatic rings. The summed E-state index contributed by atoms with van der Waals surface area (Å²) in [5.74, 6) is -0.0859. The number of primary amides is 1. The Balaban J connectivity index is 1.57. The van der Waals surface area contributed by atoms with E-state index in [1.807, 2.05) is 44.2 Å². The Hall–Kier alpha value is -4.14. The Morgan fingerprint density at radius 1 is 1.06 bits per heavy atom. The smallest absolute Gasteiger partial charge is 0.277 e. The van der Waals surface area contributed by atoms with Gasteiger partial charge in [-0.2, -0.15) is 5.10 Å². The molecule has 9 nitrogen and oxygen atoms in total. The SMILES string of the molecule is CCc1cc(OC)ccc1-n1nc(C(N)=O)c2c1C(=O)N(c1ccc(N3CCCC3=O)c(C)c1)CC2. The topological polar surface area (TPSA) is 111 Å². The first-order valence-corrected chi connectivity index (χ1v) is 12.2. The van der Waals surface area contributed by atoms with Crippen molar-refractivity contribution in [2.24, 2.45) is 5.73 Å². The van der Waals surface area contributed by atoms with Crippen molar-refractivity contribution >= 4 is 29.1 Å². The first-order valence-electron chi connectivity index (χ1n) is 12.2. The summed E-state index contributed by atoms with van der Waals surface area (Å²) in [6.07, 6.45) is 2.54. The number of aromatic nitrogens is 2. The lowest BCUT2D eigenvalue weighted by Crippen LogP contribution is -2.39. The number of hydrogen-bond acceptors (Lipinski definition) is 5. The number of carbonyl (C=O) groups is 3. The molecule has 2 aromatic carbocycles. The summed E-state index contributed by atoms with van der Waals surface area (Å²) < 4.78 is 6.91. The zero-order valence-electron chi connectivity index (χ0n) is 20.7. The highest BCUT2D eigenvalue weighted by Gasteiger charge is 2.35. The second kappa shape index (κ2) is 9.14. The summed E-state index contributed by atoms with van der Waals surface area (Å²) in [6, 6.07) is 11.3. The maximum Gasteiger partial charge on any atom is 0.277 e. The fourth-order valence-corrected chi connectivity index (χ4v) is 5.17. The zero-order valence-corrected chi connectivity index (χ0v) is 20.7. The number of anilines is 2. The minimum atomic E-state index is -0.659. The van der Waals surface area contributed by atoms with Gasteiger partial charge in [-0.25, -0.2) is 4.68 Å². The summed E-state index contributed by atoms with van der Waals surface area (Å²) in [5, 5.41) is 4.51. The lowest BCUT2D eigenvalue weighted by molar-refractivity contribution is -0.117. The molecule has 9 heteroatoms. The van der Waals surface area contributed by atoms with Gasteiger partial charge in [0.15, 0.2) is 5.69 Å². The number of nitrogens with two attached hydrogens (primary N) is 1. The number of fused-ring (bicyclic) bond motifs is 1. The molecular formula is C27H29N5O4. The number of rotatable bonds is 6. The molecule has 0 radical (unpaired) electrons. The minimum absolute atomic E-state index is 0.120. The molecule has 0 saturated carbocycles. The average molecular weight is 488 g/mol. The van der Waals surface area contributed by atoms with Crippen LogP contribution in [-0.2, 0) is 17.6 Å². The molecule has 36 heavy (non-hydrogen) atoms. The van der Waals surface area contributed by atoms with Gasteiger partial charge in [-0.05, 0) is 73.7 Å². The van der Waals surface area contributed by atoms with Crippen LogP contribution in [0.1, 0.15) is 57.4 Å². The molecule has 0 unspecified atom stereocenters. The zero-order chi connectivity index (χ0) is 25.6. The monoisotopic (exact) mass is 487 g/mol. The van der Waals surface area contributed by atoms with E-state index in [2.05, 4.69) is 5.10 Å². The quantitative estimate of drug-likeness (QED) is 0.574. The molecular weight excluding hydrogens is 458 g/mol. The van der Waals surface area contributed by atoms with Crippen LogP contribution in [-0.4, -0.2) is 47.7 Å². The van der Waals surface area contributed by atoms with Crippen LogP contribution in [0.2, 0.25) is 0 Å². The molecule has 1 fully saturated rings. The predicted molar refractivity (Wildman–Crippen MR) is 136 cm³/mol. The summed E-state index contributed by atoms with van der Waals surface area (Å²) in [5.41, 5.74) is 10.8. The third-order valence-corrected chi connectivity index (χ3v) is 7.00. The van der Waals surface area contributed by atoms with E-state index in [1.165, 1.54) is 0 Å². The van der Waals surface area contributed by atoms with Gasteiger partial charge >= 0.3 is 0 Å². The summed E-state index contributed by atoms with van der Waals surface area (Å²) in [7, 11) is 1.60. The Morgan fingerprint density at radius 3 is 2.47 bits per heavy atom. The van der Waals surface area contributed by atoms with E-state index >= 15 is 0 Å². The summed E-state index contributed by atoms with van der Waals surface area (Å²) in [6.45, 7) is 5.06. The van der Waals surface area contributed by atoms with E-state index in [0.717, 1.165) is 28.9 Å². The number of carbonyl (C=O) groups excluding carboxylic acids is 3. The number of ether oxygens (including phenoxy) is 1. The predicted octanol–water partition coefficient (Wildman–Crippen LogP) is 3.18. The summed E-state index contributed by atoms with van der Waals surface area (Å²) in [4.78, 5) is 41.9. The van der Waals surface area contributed by atoms with Crippen molar-refractivity contribution in [2.45, 2.75) is 39.5 Å². The van der Waals surface area contributed by atoms with Gasteiger partial charge in [0.2, 0.25) is 5.91 Å². The van der Waals surface area contributed by atoms with Crippen LogP contribution in [0.25, 0.3) is 5.69 Å². The highest BCUT2D eigenvalue weighted by atomic mass is 16.5. The largest absolute Gasteiger partial charge is 0.497 e. The number of methoxy groups -OCH3 is 1. The molecule has 5 rings (SSSR count). The first kappa shape index (κ1) is 23.6. The molecule has 3 aromatic rings. The van der Waals surface area contributed by atoms with E-state index < -0.39 is 5.91 Å². The van der Waals surface area contributed by atoms with Crippen molar-refractivity contribution in [3.8, 4) is 11.4 Å². The first-order chi connectivity index (χ1) is 17.3. The third kappa shape index (κ3) is 3.80. The van der Waals surface area contributed by atoms with E-state index in [1.54, 1.807) is 27.7 Å². The highest BCUT2D eigenvalue weighted by molar-refractivity contribution is 6.10. The van der Waals surface area contributed by atoms with Gasteiger partial charge in [0, 0.05) is 36.4 Å². The molecule has 0 aliphatic carbocycles. The summed E-state index contributed by atoms with van der Waals surface area (Å²) >= 11 is 0. The minimum Gasteiger partial charge on any atom is -0.497 e. The standard InChI is InChI=1S/C27H29N5O4/c1-4-17-15-19(36-3)8-10-22(17)32-25-20(24(29-32)26(28)34)11-13-30(27(25)35)18-7-9-21(16(2)14-18)31-12-5-6-23(31)33/h7-10,14-15H,4-6,11-13H2,1-3H3,(H2,28,34). The molecule has 1 aromatic heterocycles. The number of hydrogen-bond donors (Lipinski definition) is 1. The number of nitrogens with zero attached hydrogens (tertiary/aromatic N) is 4. The van der Waals surface area contributed by atoms with Crippen LogP contribution in [0.3, 0.4) is 0 Å². The average Bonchev–Trinajstić information content (AvgIpc) is 3.48.